The number of carboxylic acid groups (broad SMARTS) is 3. The number of nitrogens with two attached hydrogens (primary N) is 1. The number of aliphatic carboxylic acids is 2. The van der Waals surface area contributed by atoms with Crippen LogP contribution in [0.1, 0.15) is 253 Å². The van der Waals surface area contributed by atoms with Crippen LogP contribution in [0.4, 0.5) is 0 Å². The molecule has 12 aromatic rings. The molecule has 0 saturated heterocycles. The van der Waals surface area contributed by atoms with Crippen LogP contribution in [0.15, 0.2) is 117 Å². The first kappa shape index (κ1) is 85.0. The summed E-state index contributed by atoms with van der Waals surface area (Å²) < 4.78 is 8.01. The van der Waals surface area contributed by atoms with Crippen LogP contribution in [-0.4, -0.2) is 150 Å². The molecule has 0 bridgehead atoms. The molecule has 4 aliphatic heterocycles. The smallest absolute Gasteiger partial charge is 0.335 e. The van der Waals surface area contributed by atoms with Crippen LogP contribution in [0.25, 0.3) is 20.0 Å². The minimum atomic E-state index is -1.16. The van der Waals surface area contributed by atoms with Crippen LogP contribution in [0, 0.1) is 83.1 Å². The highest BCUT2D eigenvalue weighted by Gasteiger charge is 2.38. The quantitative estimate of drug-likeness (QED) is 0.0431. The number of aliphatic imine (C=N–C) groups is 4. The number of aromatic carboxylic acids is 1. The van der Waals surface area contributed by atoms with Gasteiger partial charge >= 0.3 is 17.9 Å². The second-order valence-corrected chi connectivity index (χ2v) is 34.7. The number of carbonyl (C=O) groups excluding carboxylic acids is 6. The maximum atomic E-state index is 12.1. The van der Waals surface area contributed by atoms with Crippen molar-refractivity contribution >= 4 is 121 Å². The van der Waals surface area contributed by atoms with Gasteiger partial charge in [-0.3, -0.25) is 76.6 Å². The first-order valence-electron chi connectivity index (χ1n) is 38.3. The van der Waals surface area contributed by atoms with E-state index in [4.69, 9.17) is 35.9 Å². The molecular formula is C87H85N17O12S4. The molecule has 4 atom stereocenters. The Morgan fingerprint density at radius 2 is 0.592 bits per heavy atom. The number of hydrogen-bond acceptors (Lipinski definition) is 25. The Hall–Kier alpha value is -12.9. The monoisotopic (exact) mass is 1690 g/mol. The molecule has 0 spiro atoms. The molecule has 12 heterocycles. The maximum Gasteiger partial charge on any atom is 0.335 e. The highest BCUT2D eigenvalue weighted by atomic mass is 32.1. The molecule has 0 aliphatic carbocycles. The summed E-state index contributed by atoms with van der Waals surface area (Å²) in [7, 11) is 0. The molecule has 1 amide bonds. The first-order valence-corrected chi connectivity index (χ1v) is 41.5. The average Bonchev–Trinajstić information content (AvgIpc) is 1.61. The SMILES string of the molecule is CC(=O)C[C@@H]1N=C(c2ccc(C(=O)CC(=O)O)cc2)c2c(sc(C)c2C)-n2c(C)nnc21.CC(=O)C[C@@H]1N=C(c2ccc(C(=O)O)cc2)c2c(sc(C)c2C)-n2c(C)nnc21.CC(=O)C[C@@H]1N=C(c2ccc(C(N)=O)cc2)c2c(sc(C)c2C)-n2c(C)nnc21.CC(=O)C[C@@H]1N=C(c2ccc(CC(=O)O)cc2)c2c(sc(C)c2C)-n2c(C)nnc21. The number of aryl methyl sites for hydroxylation is 8. The first-order chi connectivity index (χ1) is 57.0. The number of amides is 1. The lowest BCUT2D eigenvalue weighted by Crippen LogP contribution is -2.12. The highest BCUT2D eigenvalue weighted by Crippen LogP contribution is 2.45. The molecule has 0 saturated carbocycles. The molecule has 4 aliphatic rings. The number of nitrogens with zero attached hydrogens (tertiary/aromatic N) is 16. The molecule has 33 heteroatoms. The number of fused-ring (bicyclic) bond motifs is 12. The van der Waals surface area contributed by atoms with Crippen molar-refractivity contribution in [3.8, 4) is 20.0 Å². The Morgan fingerprint density at radius 1 is 0.342 bits per heavy atom. The van der Waals surface area contributed by atoms with Gasteiger partial charge in [0.05, 0.1) is 34.8 Å². The minimum absolute atomic E-state index is 0.00178. The Balaban J connectivity index is 0.000000138. The van der Waals surface area contributed by atoms with Crippen LogP contribution in [0.2, 0.25) is 0 Å². The van der Waals surface area contributed by atoms with E-state index in [-0.39, 0.29) is 60.8 Å². The van der Waals surface area contributed by atoms with Gasteiger partial charge in [-0.15, -0.1) is 86.1 Å². The Bertz CT molecular complexity index is 6150. The van der Waals surface area contributed by atoms with Gasteiger partial charge in [0.15, 0.2) is 29.1 Å². The van der Waals surface area contributed by atoms with Gasteiger partial charge in [0.2, 0.25) is 5.91 Å². The highest BCUT2D eigenvalue weighted by molar-refractivity contribution is 7.16. The second kappa shape index (κ2) is 34.6. The molecule has 0 radical (unpaired) electrons. The summed E-state index contributed by atoms with van der Waals surface area (Å²) >= 11 is 6.59. The zero-order valence-electron chi connectivity index (χ0n) is 68.7. The van der Waals surface area contributed by atoms with Gasteiger partial charge in [0.1, 0.15) is 97.0 Å². The van der Waals surface area contributed by atoms with E-state index in [1.807, 2.05) is 96.2 Å². The maximum absolute atomic E-state index is 12.1. The van der Waals surface area contributed by atoms with Gasteiger partial charge in [0, 0.05) is 101 Å². The molecule has 5 N–H and O–H groups in total. The fraction of sp³-hybridized carbons (Fsp3) is 0.299. The number of carboxylic acids is 3. The molecule has 29 nitrogen and oxygen atoms in total. The average molecular weight is 1690 g/mol. The molecular weight excluding hydrogens is 1600 g/mol. The van der Waals surface area contributed by atoms with E-state index in [1.54, 1.807) is 127 Å². The van der Waals surface area contributed by atoms with Crippen molar-refractivity contribution in [3.63, 3.8) is 0 Å². The van der Waals surface area contributed by atoms with Crippen molar-refractivity contribution < 1.29 is 58.5 Å². The van der Waals surface area contributed by atoms with Crippen molar-refractivity contribution in [2.45, 2.75) is 173 Å². The lowest BCUT2D eigenvalue weighted by atomic mass is 9.97. The Labute approximate surface area is 705 Å². The Morgan fingerprint density at radius 3 is 0.825 bits per heavy atom. The number of rotatable bonds is 19. The lowest BCUT2D eigenvalue weighted by Gasteiger charge is -2.11. The van der Waals surface area contributed by atoms with Crippen LogP contribution < -0.4 is 5.73 Å². The largest absolute Gasteiger partial charge is 0.481 e. The van der Waals surface area contributed by atoms with Gasteiger partial charge in [-0.2, -0.15) is 0 Å². The number of Topliss-reactive ketones (excluding diaryl/α,β-unsaturated/α-hetero) is 5. The number of aromatic nitrogens is 12. The van der Waals surface area contributed by atoms with Crippen LogP contribution >= 0.6 is 45.3 Å². The zero-order valence-corrected chi connectivity index (χ0v) is 71.9. The summed E-state index contributed by atoms with van der Waals surface area (Å²) in [5, 5.41) is 65.5. The normalized spacial score (nSPS) is 15.2. The summed E-state index contributed by atoms with van der Waals surface area (Å²) in [5.74, 6) is 1.77. The second-order valence-electron chi connectivity index (χ2n) is 29.9. The van der Waals surface area contributed by atoms with Crippen LogP contribution in [0.5, 0.6) is 0 Å². The van der Waals surface area contributed by atoms with E-state index < -0.39 is 60.2 Å². The fourth-order valence-corrected chi connectivity index (χ4v) is 19.6. The minimum Gasteiger partial charge on any atom is -0.481 e. The third kappa shape index (κ3) is 17.0. The van der Waals surface area contributed by atoms with Gasteiger partial charge in [0.25, 0.3) is 0 Å². The van der Waals surface area contributed by atoms with E-state index in [1.165, 1.54) is 16.7 Å². The fourth-order valence-electron chi connectivity index (χ4n) is 14.8. The summed E-state index contributed by atoms with van der Waals surface area (Å²) in [6, 6.07) is 26.2. The third-order valence-electron chi connectivity index (χ3n) is 21.1. The van der Waals surface area contributed by atoms with E-state index >= 15 is 0 Å². The predicted octanol–water partition coefficient (Wildman–Crippen LogP) is 14.6. The summed E-state index contributed by atoms with van der Waals surface area (Å²) in [6.45, 7) is 30.3. The molecule has 4 aromatic carbocycles. The Kier molecular flexibility index (Phi) is 24.5. The number of thiophene rings is 4. The summed E-state index contributed by atoms with van der Waals surface area (Å²) in [5.41, 5.74) is 21.9. The number of primary amides is 1. The van der Waals surface area contributed by atoms with Crippen LogP contribution in [-0.2, 0) is 35.2 Å². The number of carbonyl (C=O) groups is 9. The topological polar surface area (TPSA) is 413 Å². The van der Waals surface area contributed by atoms with Gasteiger partial charge < -0.3 is 21.1 Å². The van der Waals surface area contributed by atoms with E-state index in [9.17, 15) is 48.3 Å². The number of hydrogen-bond donors (Lipinski definition) is 4. The number of ketones is 5. The van der Waals surface area contributed by atoms with Crippen molar-refractivity contribution in [2.75, 3.05) is 0 Å². The van der Waals surface area contributed by atoms with Crippen molar-refractivity contribution in [3.05, 3.63) is 252 Å². The van der Waals surface area contributed by atoms with Gasteiger partial charge in [-0.25, -0.2) is 4.79 Å². The molecule has 16 rings (SSSR count). The molecule has 0 unspecified atom stereocenters. The van der Waals surface area contributed by atoms with Crippen LogP contribution in [0.3, 0.4) is 0 Å². The van der Waals surface area contributed by atoms with Gasteiger partial charge in [-0.05, 0) is 163 Å². The molecule has 0 fully saturated rings. The molecule has 614 valence electrons. The van der Waals surface area contributed by atoms with E-state index in [0.717, 1.165) is 148 Å². The predicted molar refractivity (Wildman–Crippen MR) is 458 cm³/mol. The molecule has 8 aromatic heterocycles. The molecule has 120 heavy (non-hydrogen) atoms. The lowest BCUT2D eigenvalue weighted by molar-refractivity contribution is -0.137. The third-order valence-corrected chi connectivity index (χ3v) is 25.9. The summed E-state index contributed by atoms with van der Waals surface area (Å²) in [4.78, 5) is 129. The van der Waals surface area contributed by atoms with E-state index in [2.05, 4.69) is 82.3 Å². The van der Waals surface area contributed by atoms with Crippen molar-refractivity contribution in [1.82, 2.24) is 59.1 Å². The van der Waals surface area contributed by atoms with Crippen molar-refractivity contribution in [1.29, 1.82) is 0 Å². The van der Waals surface area contributed by atoms with Gasteiger partial charge in [-0.1, -0.05) is 72.8 Å². The zero-order chi connectivity index (χ0) is 86.5. The summed E-state index contributed by atoms with van der Waals surface area (Å²) in [6.07, 6.45) is 0.328. The number of benzene rings is 4. The van der Waals surface area contributed by atoms with E-state index in [0.29, 0.717) is 34.4 Å². The standard InChI is InChI=1S/C23H22N4O4S.C22H22N4O3S.C21H21N5O2S.C21H20N4O3S/c1-11(28)9-17-22-26-25-14(4)27(22)23-20(12(2)13(3)32-23)21(24-17)16-7-5-15(6-8-16)18(29)10-19(30)31;1-11(27)9-17-21-25-24-14(4)26(21)22-19(12(2)13(3)30-22)20(23-17)16-7-5-15(6-8-16)10-18(28)29;1-10(27)9-16-20-25-24-13(4)26(20)21-17(11(2)12(3)29-21)18(23-16)14-5-7-15(8-6-14)19(22)28;1-10(26)9-16-19-24-23-13(4)25(19)20-17(11(2)12(3)29-20)18(22-16)14-5-7-15(8-6-14)21(27)28/h5-8,17H,9-10H2,1-4H3,(H,30,31);5-8,17H,9-10H2,1-4H3,(H,28,29);5-8,16H,9H2,1-4H3,(H2,22,28);5-8,16H,9H2,1-4H3,(H,27,28)/t2*17-;2*16-/m0000/s1. The van der Waals surface area contributed by atoms with Crippen molar-refractivity contribution in [2.24, 2.45) is 25.7 Å².